The van der Waals surface area contributed by atoms with Crippen LogP contribution in [0.3, 0.4) is 0 Å². The summed E-state index contributed by atoms with van der Waals surface area (Å²) in [5, 5.41) is 0. The molecule has 14 rings (SSSR count). The highest BCUT2D eigenvalue weighted by Crippen LogP contribution is 2.49. The van der Waals surface area contributed by atoms with E-state index < -0.39 is 0 Å². The highest BCUT2D eigenvalue weighted by molar-refractivity contribution is 8.01. The molecule has 0 aliphatic carbocycles. The molecule has 0 fully saturated rings. The van der Waals surface area contributed by atoms with Crippen molar-refractivity contribution in [3.05, 3.63) is 231 Å². The van der Waals surface area contributed by atoms with Gasteiger partial charge >= 0.3 is 0 Å². The molecule has 4 aliphatic heterocycles. The standard InChI is InChI=1S/C60H38B2N2S3/c1-5-19-39(20-6-1)41-33-56-60-57(34-41)66-55-38-54-48(37-49(55)62(60)47-29-15-18-32-53(47)65-56)61-46-28-14-17-31-51(46)64(50-30-16-13-27-45(50)40-21-7-2-8-22-40)52-35-44(36-58(67-54)59(52)61)63(42-23-9-3-10-24-42)43-25-11-4-12-26-43/h1-38H. The van der Waals surface area contributed by atoms with Gasteiger partial charge in [0.05, 0.1) is 5.69 Å². The van der Waals surface area contributed by atoms with Crippen molar-refractivity contribution < 1.29 is 0 Å². The molecule has 2 nitrogen and oxygen atoms in total. The van der Waals surface area contributed by atoms with Gasteiger partial charge < -0.3 is 9.80 Å². The van der Waals surface area contributed by atoms with E-state index in [4.69, 9.17) is 0 Å². The lowest BCUT2D eigenvalue weighted by Crippen LogP contribution is -2.63. The number of hydrogen-bond donors (Lipinski definition) is 0. The molecule has 67 heavy (non-hydrogen) atoms. The molecule has 0 unspecified atom stereocenters. The predicted octanol–water partition coefficient (Wildman–Crippen LogP) is 12.7. The van der Waals surface area contributed by atoms with Crippen LogP contribution in [0, 0.1) is 0 Å². The molecule has 0 bridgehead atoms. The molecule has 4 aliphatic rings. The molecule has 7 heteroatoms. The summed E-state index contributed by atoms with van der Waals surface area (Å²) in [6.45, 7) is 0.166. The van der Waals surface area contributed by atoms with E-state index in [1.165, 1.54) is 95.8 Å². The van der Waals surface area contributed by atoms with Gasteiger partial charge in [-0.05, 0) is 106 Å². The van der Waals surface area contributed by atoms with Crippen LogP contribution in [0.5, 0.6) is 0 Å². The number of hydrogen-bond acceptors (Lipinski definition) is 5. The molecule has 10 aromatic rings. The second kappa shape index (κ2) is 15.8. The van der Waals surface area contributed by atoms with Crippen LogP contribution in [-0.4, -0.2) is 13.4 Å². The van der Waals surface area contributed by atoms with Crippen LogP contribution in [0.15, 0.2) is 260 Å². The molecule has 4 heterocycles. The van der Waals surface area contributed by atoms with Crippen LogP contribution in [0.1, 0.15) is 0 Å². The van der Waals surface area contributed by atoms with Crippen LogP contribution >= 0.6 is 35.3 Å². The predicted molar refractivity (Wildman–Crippen MR) is 288 cm³/mol. The summed E-state index contributed by atoms with van der Waals surface area (Å²) < 4.78 is 0. The molecule has 0 saturated heterocycles. The summed E-state index contributed by atoms with van der Waals surface area (Å²) in [5.41, 5.74) is 20.2. The van der Waals surface area contributed by atoms with E-state index in [0.29, 0.717) is 0 Å². The maximum Gasteiger partial charge on any atom is 0.249 e. The first-order valence-corrected chi connectivity index (χ1v) is 25.3. The average Bonchev–Trinajstić information content (AvgIpc) is 3.39. The molecule has 0 radical (unpaired) electrons. The van der Waals surface area contributed by atoms with Gasteiger partial charge in [-0.25, -0.2) is 0 Å². The molecule has 312 valence electrons. The smallest absolute Gasteiger partial charge is 0.249 e. The lowest BCUT2D eigenvalue weighted by molar-refractivity contribution is 1.23. The van der Waals surface area contributed by atoms with Gasteiger partial charge in [0.1, 0.15) is 0 Å². The first-order chi connectivity index (χ1) is 33.2. The number of benzene rings is 10. The van der Waals surface area contributed by atoms with Crippen molar-refractivity contribution in [3.8, 4) is 22.3 Å². The molecule has 10 aromatic carbocycles. The Kier molecular flexibility index (Phi) is 9.25. The molecule has 0 spiro atoms. The van der Waals surface area contributed by atoms with Gasteiger partial charge in [-0.3, -0.25) is 0 Å². The normalized spacial score (nSPS) is 13.4. The van der Waals surface area contributed by atoms with Crippen LogP contribution in [0.2, 0.25) is 0 Å². The third-order valence-electron chi connectivity index (χ3n) is 13.8. The van der Waals surface area contributed by atoms with E-state index in [1.54, 1.807) is 0 Å². The monoisotopic (exact) mass is 904 g/mol. The maximum atomic E-state index is 2.62. The third kappa shape index (κ3) is 6.33. The molecule has 0 aromatic heterocycles. The van der Waals surface area contributed by atoms with E-state index >= 15 is 0 Å². The maximum absolute atomic E-state index is 2.62. The Morgan fingerprint density at radius 2 is 0.806 bits per heavy atom. The largest absolute Gasteiger partial charge is 0.311 e. The fraction of sp³-hybridized carbons (Fsp3) is 0. The van der Waals surface area contributed by atoms with Crippen molar-refractivity contribution in [2.45, 2.75) is 29.4 Å². The minimum absolute atomic E-state index is 0.0263. The van der Waals surface area contributed by atoms with Crippen LogP contribution in [-0.2, 0) is 0 Å². The third-order valence-corrected chi connectivity index (χ3v) is 17.2. The summed E-state index contributed by atoms with van der Waals surface area (Å²) in [6, 6.07) is 85.6. The van der Waals surface area contributed by atoms with Crippen LogP contribution in [0.4, 0.5) is 34.1 Å². The fourth-order valence-electron chi connectivity index (χ4n) is 10.9. The lowest BCUT2D eigenvalue weighted by Gasteiger charge is -2.42. The first-order valence-electron chi connectivity index (χ1n) is 22.9. The molecule has 0 N–H and O–H groups in total. The Bertz CT molecular complexity index is 3550. The Morgan fingerprint density at radius 1 is 0.299 bits per heavy atom. The van der Waals surface area contributed by atoms with Gasteiger partial charge in [0.25, 0.3) is 0 Å². The first kappa shape index (κ1) is 39.2. The fourth-order valence-corrected chi connectivity index (χ4v) is 14.7. The Morgan fingerprint density at radius 3 is 1.48 bits per heavy atom. The van der Waals surface area contributed by atoms with Gasteiger partial charge in [0, 0.05) is 63.4 Å². The Hall–Kier alpha value is -7.02. The van der Waals surface area contributed by atoms with Gasteiger partial charge in [-0.2, -0.15) is 0 Å². The number of nitrogens with zero attached hydrogens (tertiary/aromatic N) is 2. The zero-order valence-electron chi connectivity index (χ0n) is 36.2. The van der Waals surface area contributed by atoms with Gasteiger partial charge in [-0.15, -0.1) is 0 Å². The summed E-state index contributed by atoms with van der Waals surface area (Å²) in [4.78, 5) is 13.0. The van der Waals surface area contributed by atoms with E-state index in [9.17, 15) is 0 Å². The number of rotatable bonds is 6. The van der Waals surface area contributed by atoms with Gasteiger partial charge in [-0.1, -0.05) is 209 Å². The van der Waals surface area contributed by atoms with Crippen molar-refractivity contribution in [1.82, 2.24) is 0 Å². The highest BCUT2D eigenvalue weighted by Gasteiger charge is 2.45. The molecule has 0 atom stereocenters. The summed E-state index contributed by atoms with van der Waals surface area (Å²) in [5.74, 6) is 0. The zero-order chi connectivity index (χ0) is 44.0. The van der Waals surface area contributed by atoms with Crippen molar-refractivity contribution >= 4 is 116 Å². The van der Waals surface area contributed by atoms with Crippen molar-refractivity contribution in [2.24, 2.45) is 0 Å². The van der Waals surface area contributed by atoms with Crippen molar-refractivity contribution in [1.29, 1.82) is 0 Å². The zero-order valence-corrected chi connectivity index (χ0v) is 38.7. The minimum Gasteiger partial charge on any atom is -0.311 e. The summed E-state index contributed by atoms with van der Waals surface area (Å²) in [6.07, 6.45) is 0. The van der Waals surface area contributed by atoms with Crippen molar-refractivity contribution in [2.75, 3.05) is 9.80 Å². The number of fused-ring (bicyclic) bond motifs is 8. The second-order valence-corrected chi connectivity index (χ2v) is 20.8. The second-order valence-electron chi connectivity index (χ2n) is 17.6. The minimum atomic E-state index is 0.0263. The van der Waals surface area contributed by atoms with Crippen LogP contribution in [0.25, 0.3) is 22.3 Å². The Labute approximate surface area is 404 Å². The summed E-state index contributed by atoms with van der Waals surface area (Å²) >= 11 is 5.82. The van der Waals surface area contributed by atoms with Crippen LogP contribution < -0.4 is 42.6 Å². The van der Waals surface area contributed by atoms with E-state index in [0.717, 1.165) is 22.7 Å². The molecular formula is C60H38B2N2S3. The topological polar surface area (TPSA) is 6.48 Å². The Balaban J connectivity index is 1.02. The van der Waals surface area contributed by atoms with Gasteiger partial charge in [0.15, 0.2) is 0 Å². The molecule has 0 amide bonds. The van der Waals surface area contributed by atoms with E-state index in [1.807, 2.05) is 35.3 Å². The van der Waals surface area contributed by atoms with Gasteiger partial charge in [0.2, 0.25) is 13.4 Å². The quantitative estimate of drug-likeness (QED) is 0.153. The summed E-state index contributed by atoms with van der Waals surface area (Å²) in [7, 11) is 0. The number of anilines is 6. The van der Waals surface area contributed by atoms with Crippen molar-refractivity contribution in [3.63, 3.8) is 0 Å². The molecular weight excluding hydrogens is 866 g/mol. The SMILES string of the molecule is c1ccc(-c2cc3c4c(c2)Sc2cc5c(cc2B4c2ccccc2S3)B2c3ccccc3N(c3ccccc3-c3ccccc3)c3cc(N(c4ccccc4)c4ccccc4)cc(c32)S5)cc1. The number of para-hydroxylation sites is 4. The molecule has 0 saturated carbocycles. The average molecular weight is 905 g/mol. The van der Waals surface area contributed by atoms with E-state index in [2.05, 4.69) is 240 Å². The van der Waals surface area contributed by atoms with E-state index in [-0.39, 0.29) is 13.4 Å². The lowest BCUT2D eigenvalue weighted by atomic mass is 9.32. The highest BCUT2D eigenvalue weighted by atomic mass is 32.2.